The normalized spacial score (nSPS) is 26.4. The number of benzene rings is 1. The first-order chi connectivity index (χ1) is 17.3. The molecule has 3 aliphatic rings. The zero-order chi connectivity index (χ0) is 25.5. The molecule has 3 fully saturated rings. The molecular formula is C30H44F3NO2. The summed E-state index contributed by atoms with van der Waals surface area (Å²) in [6.07, 6.45) is 10.9. The smallest absolute Gasteiger partial charge is 0.416 e. The minimum atomic E-state index is -4.34. The molecule has 0 unspecified atom stereocenters. The highest BCUT2D eigenvalue weighted by Gasteiger charge is 2.42. The zero-order valence-corrected chi connectivity index (χ0v) is 21.9. The third-order valence-electron chi connectivity index (χ3n) is 9.02. The molecule has 0 aromatic heterocycles. The van der Waals surface area contributed by atoms with Gasteiger partial charge in [0.1, 0.15) is 0 Å². The van der Waals surface area contributed by atoms with Gasteiger partial charge in [0, 0.05) is 31.5 Å². The van der Waals surface area contributed by atoms with Crippen molar-refractivity contribution in [2.24, 2.45) is 17.8 Å². The first-order valence-electron chi connectivity index (χ1n) is 14.4. The van der Waals surface area contributed by atoms with Crippen LogP contribution in [0.4, 0.5) is 13.2 Å². The number of alkyl halides is 3. The van der Waals surface area contributed by atoms with Crippen LogP contribution in [0.5, 0.6) is 0 Å². The van der Waals surface area contributed by atoms with Crippen LogP contribution in [-0.2, 0) is 15.7 Å². The van der Waals surface area contributed by atoms with Gasteiger partial charge in [0.25, 0.3) is 0 Å². The first kappa shape index (κ1) is 27.5. The van der Waals surface area contributed by atoms with Gasteiger partial charge in [0.05, 0.1) is 12.2 Å². The molecule has 0 aliphatic heterocycles. The number of hydrogen-bond donors (Lipinski definition) is 0. The molecule has 3 saturated carbocycles. The van der Waals surface area contributed by atoms with Gasteiger partial charge in [-0.15, -0.1) is 0 Å². The van der Waals surface area contributed by atoms with Crippen LogP contribution in [0.3, 0.4) is 0 Å². The molecule has 3 aliphatic carbocycles. The quantitative estimate of drug-likeness (QED) is 0.317. The van der Waals surface area contributed by atoms with E-state index < -0.39 is 11.7 Å². The second-order valence-corrected chi connectivity index (χ2v) is 11.5. The van der Waals surface area contributed by atoms with E-state index in [0.29, 0.717) is 24.9 Å². The molecule has 6 heteroatoms. The van der Waals surface area contributed by atoms with Gasteiger partial charge in [0.15, 0.2) is 0 Å². The Morgan fingerprint density at radius 2 is 1.42 bits per heavy atom. The minimum Gasteiger partial charge on any atom is -0.466 e. The fourth-order valence-corrected chi connectivity index (χ4v) is 7.27. The molecule has 0 spiro atoms. The highest BCUT2D eigenvalue weighted by Crippen LogP contribution is 2.46. The summed E-state index contributed by atoms with van der Waals surface area (Å²) >= 11 is 0. The van der Waals surface area contributed by atoms with Gasteiger partial charge in [-0.05, 0) is 80.9 Å². The van der Waals surface area contributed by atoms with Gasteiger partial charge in [-0.25, -0.2) is 0 Å². The second-order valence-electron chi connectivity index (χ2n) is 11.5. The monoisotopic (exact) mass is 507 g/mol. The Hall–Kier alpha value is -1.56. The Labute approximate surface area is 215 Å². The third-order valence-corrected chi connectivity index (χ3v) is 9.02. The van der Waals surface area contributed by atoms with Gasteiger partial charge in [-0.1, -0.05) is 50.7 Å². The number of rotatable bonds is 9. The van der Waals surface area contributed by atoms with Crippen LogP contribution in [0.15, 0.2) is 24.3 Å². The summed E-state index contributed by atoms with van der Waals surface area (Å²) in [5.74, 6) is 1.39. The minimum absolute atomic E-state index is 0.0591. The average molecular weight is 508 g/mol. The fraction of sp³-hybridized carbons (Fsp3) is 0.767. The number of ether oxygens (including phenoxy) is 1. The van der Waals surface area contributed by atoms with Crippen molar-refractivity contribution in [1.29, 1.82) is 0 Å². The van der Waals surface area contributed by atoms with Crippen molar-refractivity contribution in [3.05, 3.63) is 35.4 Å². The maximum atomic E-state index is 13.3. The Balaban J connectivity index is 1.60. The predicted octanol–water partition coefficient (Wildman–Crippen LogP) is 7.98. The number of carbonyl (C=O) groups excluding carboxylic acids is 1. The summed E-state index contributed by atoms with van der Waals surface area (Å²) < 4.78 is 45.1. The maximum Gasteiger partial charge on any atom is 0.416 e. The lowest BCUT2D eigenvalue weighted by Gasteiger charge is -2.40. The maximum absolute atomic E-state index is 13.3. The molecule has 36 heavy (non-hydrogen) atoms. The van der Waals surface area contributed by atoms with E-state index in [9.17, 15) is 18.0 Å². The molecular weight excluding hydrogens is 463 g/mol. The SMILES string of the molecule is CCOC(=O)C[C@H]1CC[C@H](N(CC2CCCCC2)CC2CCCCC2)[C@@H]1c1ccc(C(F)(F)F)cc1. The molecule has 1 aromatic rings. The number of esters is 1. The van der Waals surface area contributed by atoms with Gasteiger partial charge in [0.2, 0.25) is 0 Å². The molecule has 0 radical (unpaired) electrons. The molecule has 0 heterocycles. The third kappa shape index (κ3) is 7.26. The van der Waals surface area contributed by atoms with Crippen LogP contribution in [0.25, 0.3) is 0 Å². The number of hydrogen-bond acceptors (Lipinski definition) is 3. The van der Waals surface area contributed by atoms with Crippen LogP contribution >= 0.6 is 0 Å². The fourth-order valence-electron chi connectivity index (χ4n) is 7.27. The Kier molecular flexibility index (Phi) is 9.77. The number of halogens is 3. The average Bonchev–Trinajstić information content (AvgIpc) is 3.28. The van der Waals surface area contributed by atoms with E-state index in [-0.39, 0.29) is 23.8 Å². The van der Waals surface area contributed by atoms with Crippen LogP contribution in [0.2, 0.25) is 0 Å². The lowest BCUT2D eigenvalue weighted by atomic mass is 9.82. The van der Waals surface area contributed by atoms with Crippen molar-refractivity contribution in [3.63, 3.8) is 0 Å². The highest BCUT2D eigenvalue weighted by atomic mass is 19.4. The van der Waals surface area contributed by atoms with Crippen LogP contribution in [-0.4, -0.2) is 36.6 Å². The van der Waals surface area contributed by atoms with E-state index in [0.717, 1.165) is 31.5 Å². The molecule has 0 saturated heterocycles. The van der Waals surface area contributed by atoms with Crippen molar-refractivity contribution in [2.45, 2.75) is 109 Å². The molecule has 4 rings (SSSR count). The summed E-state index contributed by atoms with van der Waals surface area (Å²) in [6.45, 7) is 4.35. The lowest BCUT2D eigenvalue weighted by molar-refractivity contribution is -0.144. The molecule has 202 valence electrons. The Morgan fingerprint density at radius 3 is 1.92 bits per heavy atom. The van der Waals surface area contributed by atoms with E-state index >= 15 is 0 Å². The van der Waals surface area contributed by atoms with Crippen LogP contribution in [0.1, 0.15) is 107 Å². The summed E-state index contributed by atoms with van der Waals surface area (Å²) in [6, 6.07) is 6.05. The van der Waals surface area contributed by atoms with E-state index in [1.807, 2.05) is 6.92 Å². The molecule has 1 aromatic carbocycles. The number of carbonyl (C=O) groups is 1. The molecule has 3 nitrogen and oxygen atoms in total. The Morgan fingerprint density at radius 1 is 0.861 bits per heavy atom. The van der Waals surface area contributed by atoms with Crippen LogP contribution < -0.4 is 0 Å². The van der Waals surface area contributed by atoms with Gasteiger partial charge < -0.3 is 4.74 Å². The highest BCUT2D eigenvalue weighted by molar-refractivity contribution is 5.70. The molecule has 0 bridgehead atoms. The van der Waals surface area contributed by atoms with Crippen molar-refractivity contribution in [3.8, 4) is 0 Å². The van der Waals surface area contributed by atoms with Gasteiger partial charge in [-0.3, -0.25) is 9.69 Å². The van der Waals surface area contributed by atoms with Gasteiger partial charge >= 0.3 is 12.1 Å². The van der Waals surface area contributed by atoms with Gasteiger partial charge in [-0.2, -0.15) is 13.2 Å². The molecule has 0 N–H and O–H groups in total. The number of nitrogens with zero attached hydrogens (tertiary/aromatic N) is 1. The Bertz CT molecular complexity index is 792. The van der Waals surface area contributed by atoms with E-state index in [1.54, 1.807) is 12.1 Å². The van der Waals surface area contributed by atoms with E-state index in [4.69, 9.17) is 4.74 Å². The second kappa shape index (κ2) is 12.8. The van der Waals surface area contributed by atoms with Crippen molar-refractivity contribution >= 4 is 5.97 Å². The van der Waals surface area contributed by atoms with Crippen molar-refractivity contribution < 1.29 is 22.7 Å². The topological polar surface area (TPSA) is 29.5 Å². The summed E-state index contributed by atoms with van der Waals surface area (Å²) in [5.41, 5.74) is 0.334. The molecule has 0 amide bonds. The molecule has 3 atom stereocenters. The first-order valence-corrected chi connectivity index (χ1v) is 14.4. The van der Waals surface area contributed by atoms with Crippen molar-refractivity contribution in [1.82, 2.24) is 4.90 Å². The lowest BCUT2D eigenvalue weighted by Crippen LogP contribution is -2.44. The van der Waals surface area contributed by atoms with Crippen LogP contribution in [0, 0.1) is 17.8 Å². The standard InChI is InChI=1S/C30H44F3NO2/c1-2-36-28(35)19-25-15-18-27(29(25)24-13-16-26(17-14-24)30(31,32)33)34(20-22-9-5-3-6-10-22)21-23-11-7-4-8-12-23/h13-14,16-17,22-23,25,27,29H,2-12,15,18-21H2,1H3/t25-,27+,29-/m1/s1. The van der Waals surface area contributed by atoms with E-state index in [1.165, 1.54) is 76.3 Å². The predicted molar refractivity (Wildman–Crippen MR) is 137 cm³/mol. The zero-order valence-electron chi connectivity index (χ0n) is 21.9. The summed E-state index contributed by atoms with van der Waals surface area (Å²) in [4.78, 5) is 15.2. The van der Waals surface area contributed by atoms with E-state index in [2.05, 4.69) is 4.90 Å². The summed E-state index contributed by atoms with van der Waals surface area (Å²) in [7, 11) is 0. The van der Waals surface area contributed by atoms with Crippen molar-refractivity contribution in [2.75, 3.05) is 19.7 Å². The summed E-state index contributed by atoms with van der Waals surface area (Å²) in [5, 5.41) is 0. The largest absolute Gasteiger partial charge is 0.466 e.